The van der Waals surface area contributed by atoms with Gasteiger partial charge in [0.05, 0.1) is 7.11 Å². The van der Waals surface area contributed by atoms with Crippen LogP contribution < -0.4 is 10.1 Å². The molecule has 0 aliphatic carbocycles. The van der Waals surface area contributed by atoms with E-state index >= 15 is 0 Å². The number of benzene rings is 1. The SMILES string of the molecule is CCCCC(CCC)NC(C)c1ccc(OC)cc1O. The van der Waals surface area contributed by atoms with Crippen LogP contribution >= 0.6 is 0 Å². The predicted molar refractivity (Wildman–Crippen MR) is 84.4 cm³/mol. The summed E-state index contributed by atoms with van der Waals surface area (Å²) in [5.41, 5.74) is 0.934. The van der Waals surface area contributed by atoms with Gasteiger partial charge in [0.15, 0.2) is 0 Å². The van der Waals surface area contributed by atoms with Crippen LogP contribution in [0, 0.1) is 0 Å². The molecule has 1 aromatic rings. The van der Waals surface area contributed by atoms with Crippen LogP contribution in [0.2, 0.25) is 0 Å². The second-order valence-corrected chi connectivity index (χ2v) is 5.44. The first kappa shape index (κ1) is 16.8. The molecular weight excluding hydrogens is 250 g/mol. The minimum atomic E-state index is 0.148. The molecule has 0 spiro atoms. The van der Waals surface area contributed by atoms with Gasteiger partial charge in [0.1, 0.15) is 11.5 Å². The van der Waals surface area contributed by atoms with E-state index in [0.717, 1.165) is 5.56 Å². The molecule has 1 rings (SSSR count). The summed E-state index contributed by atoms with van der Waals surface area (Å²) < 4.78 is 5.12. The molecule has 2 unspecified atom stereocenters. The second kappa shape index (κ2) is 8.85. The zero-order chi connectivity index (χ0) is 15.0. The third-order valence-electron chi connectivity index (χ3n) is 3.73. The summed E-state index contributed by atoms with van der Waals surface area (Å²) in [6, 6.07) is 6.18. The van der Waals surface area contributed by atoms with Crippen molar-refractivity contribution in [3.8, 4) is 11.5 Å². The van der Waals surface area contributed by atoms with E-state index in [1.165, 1.54) is 32.1 Å². The van der Waals surface area contributed by atoms with Gasteiger partial charge >= 0.3 is 0 Å². The molecule has 3 heteroatoms. The van der Waals surface area contributed by atoms with Gasteiger partial charge in [0, 0.05) is 23.7 Å². The molecule has 0 radical (unpaired) electrons. The van der Waals surface area contributed by atoms with Crippen LogP contribution in [0.5, 0.6) is 11.5 Å². The first-order valence-corrected chi connectivity index (χ1v) is 7.75. The maximum atomic E-state index is 10.1. The van der Waals surface area contributed by atoms with Crippen molar-refractivity contribution < 1.29 is 9.84 Å². The molecule has 0 aliphatic heterocycles. The number of rotatable bonds is 9. The van der Waals surface area contributed by atoms with Crippen LogP contribution in [0.15, 0.2) is 18.2 Å². The van der Waals surface area contributed by atoms with Gasteiger partial charge in [-0.1, -0.05) is 39.2 Å². The normalized spacial score (nSPS) is 14.0. The summed E-state index contributed by atoms with van der Waals surface area (Å²) in [5, 5.41) is 13.7. The number of aromatic hydroxyl groups is 1. The highest BCUT2D eigenvalue weighted by molar-refractivity contribution is 5.41. The van der Waals surface area contributed by atoms with Gasteiger partial charge in [0.25, 0.3) is 0 Å². The van der Waals surface area contributed by atoms with Crippen LogP contribution in [0.3, 0.4) is 0 Å². The van der Waals surface area contributed by atoms with E-state index in [0.29, 0.717) is 17.5 Å². The van der Waals surface area contributed by atoms with E-state index in [-0.39, 0.29) is 6.04 Å². The lowest BCUT2D eigenvalue weighted by atomic mass is 10.0. The summed E-state index contributed by atoms with van der Waals surface area (Å²) in [4.78, 5) is 0. The standard InChI is InChI=1S/C17H29NO2/c1-5-7-9-14(8-6-2)18-13(3)16-11-10-15(20-4)12-17(16)19/h10-14,18-19H,5-9H2,1-4H3. The van der Waals surface area contributed by atoms with Crippen molar-refractivity contribution in [2.45, 2.75) is 65.0 Å². The number of phenolic OH excluding ortho intramolecular Hbond substituents is 1. The highest BCUT2D eigenvalue weighted by Crippen LogP contribution is 2.29. The molecule has 0 saturated heterocycles. The van der Waals surface area contributed by atoms with Gasteiger partial charge in [-0.3, -0.25) is 0 Å². The quantitative estimate of drug-likeness (QED) is 0.703. The average Bonchev–Trinajstić information content (AvgIpc) is 2.44. The van der Waals surface area contributed by atoms with E-state index in [1.807, 2.05) is 12.1 Å². The lowest BCUT2D eigenvalue weighted by Gasteiger charge is -2.24. The molecule has 1 aromatic carbocycles. The summed E-state index contributed by atoms with van der Waals surface area (Å²) in [6.45, 7) is 6.55. The van der Waals surface area contributed by atoms with Gasteiger partial charge in [0.2, 0.25) is 0 Å². The Hall–Kier alpha value is -1.22. The molecule has 2 N–H and O–H groups in total. The van der Waals surface area contributed by atoms with Crippen molar-refractivity contribution >= 4 is 0 Å². The van der Waals surface area contributed by atoms with E-state index in [2.05, 4.69) is 26.1 Å². The molecule has 114 valence electrons. The van der Waals surface area contributed by atoms with E-state index < -0.39 is 0 Å². The summed E-state index contributed by atoms with van der Waals surface area (Å²) in [5.74, 6) is 0.990. The second-order valence-electron chi connectivity index (χ2n) is 5.44. The number of unbranched alkanes of at least 4 members (excludes halogenated alkanes) is 1. The highest BCUT2D eigenvalue weighted by Gasteiger charge is 2.15. The number of hydrogen-bond donors (Lipinski definition) is 2. The fourth-order valence-electron chi connectivity index (χ4n) is 2.57. The summed E-state index contributed by atoms with van der Waals surface area (Å²) in [6.07, 6.45) is 6.04. The molecule has 0 aliphatic rings. The zero-order valence-electron chi connectivity index (χ0n) is 13.3. The molecule has 0 bridgehead atoms. The highest BCUT2D eigenvalue weighted by atomic mass is 16.5. The Morgan fingerprint density at radius 3 is 2.50 bits per heavy atom. The van der Waals surface area contributed by atoms with E-state index in [4.69, 9.17) is 4.74 Å². The Balaban J connectivity index is 2.69. The number of phenols is 1. The molecule has 3 nitrogen and oxygen atoms in total. The van der Waals surface area contributed by atoms with Gasteiger partial charge < -0.3 is 15.2 Å². The van der Waals surface area contributed by atoms with Crippen molar-refractivity contribution in [1.82, 2.24) is 5.32 Å². The summed E-state index contributed by atoms with van der Waals surface area (Å²) in [7, 11) is 1.61. The number of methoxy groups -OCH3 is 1. The van der Waals surface area contributed by atoms with Crippen LogP contribution in [0.1, 0.15) is 64.5 Å². The molecule has 2 atom stereocenters. The maximum Gasteiger partial charge on any atom is 0.124 e. The van der Waals surface area contributed by atoms with Crippen molar-refractivity contribution in [2.75, 3.05) is 7.11 Å². The lowest BCUT2D eigenvalue weighted by Crippen LogP contribution is -2.31. The Morgan fingerprint density at radius 2 is 1.95 bits per heavy atom. The minimum absolute atomic E-state index is 0.148. The Kier molecular flexibility index (Phi) is 7.45. The van der Waals surface area contributed by atoms with Crippen LogP contribution in [0.4, 0.5) is 0 Å². The van der Waals surface area contributed by atoms with Crippen LogP contribution in [-0.4, -0.2) is 18.3 Å². The Labute approximate surface area is 123 Å². The lowest BCUT2D eigenvalue weighted by molar-refractivity contribution is 0.380. The van der Waals surface area contributed by atoms with Crippen molar-refractivity contribution in [1.29, 1.82) is 0 Å². The van der Waals surface area contributed by atoms with Gasteiger partial charge in [-0.2, -0.15) is 0 Å². The topological polar surface area (TPSA) is 41.5 Å². The van der Waals surface area contributed by atoms with Gasteiger partial charge in [-0.15, -0.1) is 0 Å². The first-order valence-electron chi connectivity index (χ1n) is 7.75. The molecular formula is C17H29NO2. The van der Waals surface area contributed by atoms with Crippen molar-refractivity contribution in [3.05, 3.63) is 23.8 Å². The molecule has 0 aromatic heterocycles. The molecule has 0 fully saturated rings. The zero-order valence-corrected chi connectivity index (χ0v) is 13.3. The first-order chi connectivity index (χ1) is 9.62. The van der Waals surface area contributed by atoms with Gasteiger partial charge in [-0.25, -0.2) is 0 Å². The van der Waals surface area contributed by atoms with Crippen molar-refractivity contribution in [2.24, 2.45) is 0 Å². The monoisotopic (exact) mass is 279 g/mol. The molecule has 0 amide bonds. The molecule has 0 saturated carbocycles. The Morgan fingerprint density at radius 1 is 1.20 bits per heavy atom. The fourth-order valence-corrected chi connectivity index (χ4v) is 2.57. The smallest absolute Gasteiger partial charge is 0.124 e. The van der Waals surface area contributed by atoms with Crippen LogP contribution in [0.25, 0.3) is 0 Å². The van der Waals surface area contributed by atoms with Crippen LogP contribution in [-0.2, 0) is 0 Å². The number of ether oxygens (including phenoxy) is 1. The molecule has 20 heavy (non-hydrogen) atoms. The Bertz CT molecular complexity index is 393. The minimum Gasteiger partial charge on any atom is -0.507 e. The number of hydrogen-bond acceptors (Lipinski definition) is 3. The third kappa shape index (κ3) is 5.04. The maximum absolute atomic E-state index is 10.1. The fraction of sp³-hybridized carbons (Fsp3) is 0.647. The van der Waals surface area contributed by atoms with Gasteiger partial charge in [-0.05, 0) is 25.8 Å². The van der Waals surface area contributed by atoms with E-state index in [1.54, 1.807) is 13.2 Å². The van der Waals surface area contributed by atoms with E-state index in [9.17, 15) is 5.11 Å². The predicted octanol–water partition coefficient (Wildman–Crippen LogP) is 4.41. The molecule has 0 heterocycles. The van der Waals surface area contributed by atoms with Crippen molar-refractivity contribution in [3.63, 3.8) is 0 Å². The number of nitrogens with one attached hydrogen (secondary N) is 1. The summed E-state index contributed by atoms with van der Waals surface area (Å²) >= 11 is 0. The average molecular weight is 279 g/mol. The largest absolute Gasteiger partial charge is 0.507 e. The third-order valence-corrected chi connectivity index (χ3v) is 3.73.